The zero-order valence-corrected chi connectivity index (χ0v) is 9.87. The lowest BCUT2D eigenvalue weighted by molar-refractivity contribution is 0.458. The molecule has 3 nitrogen and oxygen atoms in total. The predicted molar refractivity (Wildman–Crippen MR) is 58.9 cm³/mol. The van der Waals surface area contributed by atoms with Crippen LogP contribution >= 0.6 is 0 Å². The molecule has 1 fully saturated rings. The van der Waals surface area contributed by atoms with Crippen molar-refractivity contribution in [2.45, 2.75) is 18.2 Å². The minimum Gasteiger partial charge on any atom is -0.207 e. The molecule has 1 saturated heterocycles. The molecule has 0 amide bonds. The van der Waals surface area contributed by atoms with Gasteiger partial charge in [0.1, 0.15) is 10.7 Å². The zero-order valence-electron chi connectivity index (χ0n) is 9.06. The molecular weight excluding hydrogens is 229 g/mol. The Hall–Kier alpha value is -0.940. The molecule has 1 aromatic rings. The smallest absolute Gasteiger partial charge is 0.207 e. The largest absolute Gasteiger partial charge is 0.245 e. The Balaban J connectivity index is 2.36. The van der Waals surface area contributed by atoms with Gasteiger partial charge in [-0.05, 0) is 24.5 Å². The Morgan fingerprint density at radius 1 is 1.38 bits per heavy atom. The van der Waals surface area contributed by atoms with Crippen molar-refractivity contribution in [1.82, 2.24) is 4.31 Å². The number of benzene rings is 1. The van der Waals surface area contributed by atoms with Crippen molar-refractivity contribution in [3.63, 3.8) is 0 Å². The van der Waals surface area contributed by atoms with Gasteiger partial charge in [0.25, 0.3) is 0 Å². The van der Waals surface area contributed by atoms with E-state index in [1.54, 1.807) is 0 Å². The van der Waals surface area contributed by atoms with Gasteiger partial charge in [-0.3, -0.25) is 0 Å². The van der Waals surface area contributed by atoms with Gasteiger partial charge in [-0.2, -0.15) is 4.31 Å². The number of rotatable bonds is 2. The lowest BCUT2D eigenvalue weighted by atomic mass is 10.2. The van der Waals surface area contributed by atoms with Crippen LogP contribution in [-0.2, 0) is 10.0 Å². The fourth-order valence-electron chi connectivity index (χ4n) is 1.91. The molecule has 88 valence electrons. The summed E-state index contributed by atoms with van der Waals surface area (Å²) >= 11 is 0. The van der Waals surface area contributed by atoms with Crippen LogP contribution in [0.2, 0.25) is 0 Å². The molecule has 0 radical (unpaired) electrons. The van der Waals surface area contributed by atoms with Gasteiger partial charge in [0.15, 0.2) is 0 Å². The van der Waals surface area contributed by atoms with E-state index in [9.17, 15) is 12.8 Å². The van der Waals surface area contributed by atoms with Crippen LogP contribution in [-0.4, -0.2) is 25.8 Å². The standard InChI is InChI=1S/C11H14FNO2S/c1-9-6-7-13(8-9)16(14,15)11-5-3-2-4-10(11)12/h2-5,9H,6-8H2,1H3. The number of hydrogen-bond donors (Lipinski definition) is 0. The maximum absolute atomic E-state index is 13.4. The molecule has 5 heteroatoms. The molecule has 16 heavy (non-hydrogen) atoms. The summed E-state index contributed by atoms with van der Waals surface area (Å²) in [6.07, 6.45) is 0.841. The zero-order chi connectivity index (χ0) is 11.8. The number of halogens is 1. The van der Waals surface area contributed by atoms with Crippen LogP contribution in [0.25, 0.3) is 0 Å². The highest BCUT2D eigenvalue weighted by Crippen LogP contribution is 2.25. The first-order valence-corrected chi connectivity index (χ1v) is 6.70. The summed E-state index contributed by atoms with van der Waals surface area (Å²) in [5, 5.41) is 0. The highest BCUT2D eigenvalue weighted by atomic mass is 32.2. The van der Waals surface area contributed by atoms with Crippen molar-refractivity contribution in [1.29, 1.82) is 0 Å². The fraction of sp³-hybridized carbons (Fsp3) is 0.455. The number of sulfonamides is 1. The van der Waals surface area contributed by atoms with Crippen LogP contribution < -0.4 is 0 Å². The van der Waals surface area contributed by atoms with Gasteiger partial charge in [0, 0.05) is 13.1 Å². The van der Waals surface area contributed by atoms with Crippen molar-refractivity contribution in [3.05, 3.63) is 30.1 Å². The molecule has 1 unspecified atom stereocenters. The summed E-state index contributed by atoms with van der Waals surface area (Å²) in [6.45, 7) is 2.96. The molecule has 0 spiro atoms. The van der Waals surface area contributed by atoms with Gasteiger partial charge in [-0.15, -0.1) is 0 Å². The Morgan fingerprint density at radius 2 is 2.06 bits per heavy atom. The topological polar surface area (TPSA) is 37.4 Å². The third-order valence-corrected chi connectivity index (χ3v) is 4.74. The molecule has 1 atom stereocenters. The lowest BCUT2D eigenvalue weighted by Crippen LogP contribution is -2.29. The first kappa shape index (κ1) is 11.5. The molecule has 0 saturated carbocycles. The minimum atomic E-state index is -3.64. The Labute approximate surface area is 94.9 Å². The van der Waals surface area contributed by atoms with Crippen LogP contribution in [0.3, 0.4) is 0 Å². The second-order valence-corrected chi connectivity index (χ2v) is 6.09. The first-order valence-electron chi connectivity index (χ1n) is 5.26. The van der Waals surface area contributed by atoms with Gasteiger partial charge in [0.2, 0.25) is 10.0 Å². The van der Waals surface area contributed by atoms with E-state index in [2.05, 4.69) is 0 Å². The molecule has 1 heterocycles. The number of nitrogens with zero attached hydrogens (tertiary/aromatic N) is 1. The lowest BCUT2D eigenvalue weighted by Gasteiger charge is -2.16. The summed E-state index contributed by atoms with van der Waals surface area (Å²) in [5.74, 6) is -0.330. The van der Waals surface area contributed by atoms with Gasteiger partial charge in [-0.25, -0.2) is 12.8 Å². The molecule has 1 aliphatic heterocycles. The van der Waals surface area contributed by atoms with Crippen LogP contribution in [0, 0.1) is 11.7 Å². The summed E-state index contributed by atoms with van der Waals surface area (Å²) in [6, 6.07) is 5.51. The molecule has 0 N–H and O–H groups in total. The highest BCUT2D eigenvalue weighted by Gasteiger charge is 2.32. The molecular formula is C11H14FNO2S. The van der Waals surface area contributed by atoms with Gasteiger partial charge in [0.05, 0.1) is 0 Å². The monoisotopic (exact) mass is 243 g/mol. The maximum atomic E-state index is 13.4. The predicted octanol–water partition coefficient (Wildman–Crippen LogP) is 1.86. The normalized spacial score (nSPS) is 22.5. The van der Waals surface area contributed by atoms with E-state index in [4.69, 9.17) is 0 Å². The third-order valence-electron chi connectivity index (χ3n) is 2.84. The van der Waals surface area contributed by atoms with E-state index in [1.165, 1.54) is 28.6 Å². The molecule has 0 bridgehead atoms. The average Bonchev–Trinajstić information content (AvgIpc) is 2.66. The van der Waals surface area contributed by atoms with E-state index in [0.717, 1.165) is 6.42 Å². The Bertz CT molecular complexity index is 487. The maximum Gasteiger partial charge on any atom is 0.245 e. The van der Waals surface area contributed by atoms with Crippen molar-refractivity contribution in [2.24, 2.45) is 5.92 Å². The molecule has 1 aromatic carbocycles. The molecule has 0 aliphatic carbocycles. The fourth-order valence-corrected chi connectivity index (χ4v) is 3.55. The third kappa shape index (κ3) is 1.97. The van der Waals surface area contributed by atoms with Gasteiger partial charge >= 0.3 is 0 Å². The van der Waals surface area contributed by atoms with Crippen molar-refractivity contribution < 1.29 is 12.8 Å². The highest BCUT2D eigenvalue weighted by molar-refractivity contribution is 7.89. The second kappa shape index (κ2) is 4.14. The van der Waals surface area contributed by atoms with Gasteiger partial charge in [-0.1, -0.05) is 19.1 Å². The van der Waals surface area contributed by atoms with E-state index in [-0.39, 0.29) is 4.90 Å². The Kier molecular flexibility index (Phi) is 2.99. The SMILES string of the molecule is CC1CCN(S(=O)(=O)c2ccccc2F)C1. The van der Waals surface area contributed by atoms with E-state index in [1.807, 2.05) is 6.92 Å². The van der Waals surface area contributed by atoms with Crippen LogP contribution in [0.5, 0.6) is 0 Å². The molecule has 0 aromatic heterocycles. The summed E-state index contributed by atoms with van der Waals surface area (Å²) in [5.41, 5.74) is 0. The molecule has 1 aliphatic rings. The van der Waals surface area contributed by atoms with E-state index < -0.39 is 15.8 Å². The number of hydrogen-bond acceptors (Lipinski definition) is 2. The summed E-state index contributed by atoms with van der Waals surface area (Å²) in [7, 11) is -3.64. The summed E-state index contributed by atoms with van der Waals surface area (Å²) < 4.78 is 39.0. The second-order valence-electron chi connectivity index (χ2n) is 4.19. The summed E-state index contributed by atoms with van der Waals surface area (Å²) in [4.78, 5) is -0.218. The van der Waals surface area contributed by atoms with Crippen molar-refractivity contribution >= 4 is 10.0 Å². The van der Waals surface area contributed by atoms with Crippen molar-refractivity contribution in [2.75, 3.05) is 13.1 Å². The van der Waals surface area contributed by atoms with Crippen LogP contribution in [0.15, 0.2) is 29.2 Å². The quantitative estimate of drug-likeness (QED) is 0.795. The van der Waals surface area contributed by atoms with Crippen LogP contribution in [0.4, 0.5) is 4.39 Å². The van der Waals surface area contributed by atoms with Gasteiger partial charge < -0.3 is 0 Å². The first-order chi connectivity index (χ1) is 7.51. The average molecular weight is 243 g/mol. The Morgan fingerprint density at radius 3 is 2.62 bits per heavy atom. The van der Waals surface area contributed by atoms with Crippen molar-refractivity contribution in [3.8, 4) is 0 Å². The van der Waals surface area contributed by atoms with Crippen LogP contribution in [0.1, 0.15) is 13.3 Å². The minimum absolute atomic E-state index is 0.218. The van der Waals surface area contributed by atoms with E-state index in [0.29, 0.717) is 19.0 Å². The van der Waals surface area contributed by atoms with E-state index >= 15 is 0 Å². The molecule has 2 rings (SSSR count).